The third-order valence-electron chi connectivity index (χ3n) is 3.17. The molecule has 19 heavy (non-hydrogen) atoms. The van der Waals surface area contributed by atoms with Crippen LogP contribution in [0.1, 0.15) is 30.6 Å². The first-order valence-corrected chi connectivity index (χ1v) is 6.33. The van der Waals surface area contributed by atoms with Crippen molar-refractivity contribution in [2.24, 2.45) is 0 Å². The van der Waals surface area contributed by atoms with Crippen LogP contribution >= 0.6 is 0 Å². The Morgan fingerprint density at radius 1 is 1.42 bits per heavy atom. The fraction of sp³-hybridized carbons (Fsp3) is 0.500. The minimum Gasteiger partial charge on any atom is -0.504 e. The number of phenolic OH excluding ortho intramolecular Hbond substituents is 2. The number of hydrogen-bond donors (Lipinski definition) is 2. The molecule has 1 aromatic rings. The molecule has 0 bridgehead atoms. The molecule has 0 fully saturated rings. The molecule has 0 heterocycles. The van der Waals surface area contributed by atoms with Gasteiger partial charge in [0, 0.05) is 19.7 Å². The fourth-order valence-corrected chi connectivity index (χ4v) is 1.79. The van der Waals surface area contributed by atoms with Gasteiger partial charge in [-0.3, -0.25) is 4.79 Å². The summed E-state index contributed by atoms with van der Waals surface area (Å²) in [6.07, 6.45) is 0.801. The van der Waals surface area contributed by atoms with E-state index in [-0.39, 0.29) is 29.0 Å². The highest BCUT2D eigenvalue weighted by Crippen LogP contribution is 2.29. The summed E-state index contributed by atoms with van der Waals surface area (Å²) in [5, 5.41) is 19.2. The van der Waals surface area contributed by atoms with E-state index in [1.54, 1.807) is 12.0 Å². The quantitative estimate of drug-likeness (QED) is 0.773. The minimum atomic E-state index is -0.377. The van der Waals surface area contributed by atoms with Gasteiger partial charge in [0.15, 0.2) is 11.5 Å². The van der Waals surface area contributed by atoms with Crippen LogP contribution in [0.25, 0.3) is 0 Å². The zero-order valence-corrected chi connectivity index (χ0v) is 11.6. The van der Waals surface area contributed by atoms with E-state index in [9.17, 15) is 15.0 Å². The monoisotopic (exact) mass is 267 g/mol. The van der Waals surface area contributed by atoms with Crippen LogP contribution in [0.2, 0.25) is 0 Å². The van der Waals surface area contributed by atoms with E-state index in [2.05, 4.69) is 0 Å². The molecule has 5 heteroatoms. The van der Waals surface area contributed by atoms with Gasteiger partial charge in [-0.25, -0.2) is 0 Å². The Morgan fingerprint density at radius 2 is 2.11 bits per heavy atom. The largest absolute Gasteiger partial charge is 0.504 e. The average molecular weight is 267 g/mol. The SMILES string of the molecule is CCC(C)N(CCOC)C(=O)c1cccc(O)c1O. The number of carbonyl (C=O) groups is 1. The summed E-state index contributed by atoms with van der Waals surface area (Å²) in [6, 6.07) is 4.41. The van der Waals surface area contributed by atoms with E-state index in [0.29, 0.717) is 13.2 Å². The average Bonchev–Trinajstić information content (AvgIpc) is 2.41. The van der Waals surface area contributed by atoms with E-state index < -0.39 is 0 Å². The molecule has 0 radical (unpaired) electrons. The molecule has 2 N–H and O–H groups in total. The number of hydrogen-bond acceptors (Lipinski definition) is 4. The summed E-state index contributed by atoms with van der Waals surface area (Å²) < 4.78 is 5.00. The van der Waals surface area contributed by atoms with Crippen molar-refractivity contribution >= 4 is 5.91 Å². The fourth-order valence-electron chi connectivity index (χ4n) is 1.79. The normalized spacial score (nSPS) is 12.2. The van der Waals surface area contributed by atoms with Crippen LogP contribution in [-0.2, 0) is 4.74 Å². The van der Waals surface area contributed by atoms with Gasteiger partial charge in [-0.2, -0.15) is 0 Å². The maximum atomic E-state index is 12.4. The van der Waals surface area contributed by atoms with Gasteiger partial charge in [0.25, 0.3) is 5.91 Å². The molecule has 1 atom stereocenters. The van der Waals surface area contributed by atoms with Gasteiger partial charge >= 0.3 is 0 Å². The van der Waals surface area contributed by atoms with Crippen LogP contribution in [0.5, 0.6) is 11.5 Å². The second kappa shape index (κ2) is 6.99. The predicted molar refractivity (Wildman–Crippen MR) is 72.4 cm³/mol. The van der Waals surface area contributed by atoms with Crippen molar-refractivity contribution < 1.29 is 19.7 Å². The Labute approximate surface area is 113 Å². The first-order chi connectivity index (χ1) is 9.02. The molecular formula is C14H21NO4. The molecule has 0 aliphatic heterocycles. The van der Waals surface area contributed by atoms with E-state index in [0.717, 1.165) is 6.42 Å². The number of rotatable bonds is 6. The summed E-state index contributed by atoms with van der Waals surface area (Å²) in [5.74, 6) is -0.972. The van der Waals surface area contributed by atoms with Gasteiger partial charge < -0.3 is 19.8 Å². The van der Waals surface area contributed by atoms with Crippen molar-refractivity contribution in [3.05, 3.63) is 23.8 Å². The van der Waals surface area contributed by atoms with Gasteiger partial charge in [0.2, 0.25) is 0 Å². The molecule has 1 amide bonds. The number of phenols is 2. The Hall–Kier alpha value is -1.75. The van der Waals surface area contributed by atoms with Crippen molar-refractivity contribution in [1.82, 2.24) is 4.90 Å². The number of nitrogens with zero attached hydrogens (tertiary/aromatic N) is 1. The summed E-state index contributed by atoms with van der Waals surface area (Å²) in [7, 11) is 1.57. The predicted octanol–water partition coefficient (Wildman–Crippen LogP) is 1.98. The number of para-hydroxylation sites is 1. The number of aromatic hydroxyl groups is 2. The first kappa shape index (κ1) is 15.3. The maximum absolute atomic E-state index is 12.4. The highest BCUT2D eigenvalue weighted by molar-refractivity contribution is 5.97. The van der Waals surface area contributed by atoms with Gasteiger partial charge in [0.05, 0.1) is 12.2 Å². The highest BCUT2D eigenvalue weighted by atomic mass is 16.5. The zero-order chi connectivity index (χ0) is 14.4. The number of ether oxygens (including phenoxy) is 1. The lowest BCUT2D eigenvalue weighted by molar-refractivity contribution is 0.0610. The van der Waals surface area contributed by atoms with Crippen molar-refractivity contribution in [3.63, 3.8) is 0 Å². The Morgan fingerprint density at radius 3 is 2.68 bits per heavy atom. The second-order valence-electron chi connectivity index (χ2n) is 4.42. The summed E-state index contributed by atoms with van der Waals surface area (Å²) in [6.45, 7) is 4.79. The molecule has 1 aromatic carbocycles. The molecule has 5 nitrogen and oxygen atoms in total. The van der Waals surface area contributed by atoms with Crippen LogP contribution in [0, 0.1) is 0 Å². The minimum absolute atomic E-state index is 0.0319. The smallest absolute Gasteiger partial charge is 0.258 e. The lowest BCUT2D eigenvalue weighted by Gasteiger charge is -2.28. The van der Waals surface area contributed by atoms with E-state index in [1.807, 2.05) is 13.8 Å². The molecule has 0 saturated heterocycles. The van der Waals surface area contributed by atoms with Gasteiger partial charge in [-0.05, 0) is 25.5 Å². The molecule has 0 aliphatic rings. The topological polar surface area (TPSA) is 70.0 Å². The van der Waals surface area contributed by atoms with Crippen molar-refractivity contribution in [2.75, 3.05) is 20.3 Å². The van der Waals surface area contributed by atoms with Crippen LogP contribution in [-0.4, -0.2) is 47.3 Å². The molecule has 106 valence electrons. The number of amides is 1. The molecule has 0 aromatic heterocycles. The Bertz CT molecular complexity index is 433. The number of methoxy groups -OCH3 is 1. The van der Waals surface area contributed by atoms with E-state index in [1.165, 1.54) is 18.2 Å². The molecule has 1 unspecified atom stereocenters. The van der Waals surface area contributed by atoms with Gasteiger partial charge in [-0.15, -0.1) is 0 Å². The van der Waals surface area contributed by atoms with E-state index in [4.69, 9.17) is 4.74 Å². The maximum Gasteiger partial charge on any atom is 0.258 e. The lowest BCUT2D eigenvalue weighted by Crippen LogP contribution is -2.40. The molecule has 0 aliphatic carbocycles. The number of carbonyl (C=O) groups excluding carboxylic acids is 1. The summed E-state index contributed by atoms with van der Waals surface area (Å²) in [5.41, 5.74) is 0.108. The van der Waals surface area contributed by atoms with Crippen molar-refractivity contribution in [1.29, 1.82) is 0 Å². The molecular weight excluding hydrogens is 246 g/mol. The lowest BCUT2D eigenvalue weighted by atomic mass is 10.1. The highest BCUT2D eigenvalue weighted by Gasteiger charge is 2.23. The van der Waals surface area contributed by atoms with Crippen LogP contribution in [0.3, 0.4) is 0 Å². The molecule has 1 rings (SSSR count). The molecule has 0 spiro atoms. The first-order valence-electron chi connectivity index (χ1n) is 6.33. The van der Waals surface area contributed by atoms with Crippen molar-refractivity contribution in [2.45, 2.75) is 26.3 Å². The number of benzene rings is 1. The third-order valence-corrected chi connectivity index (χ3v) is 3.17. The summed E-state index contributed by atoms with van der Waals surface area (Å²) >= 11 is 0. The van der Waals surface area contributed by atoms with Crippen LogP contribution in [0.4, 0.5) is 0 Å². The zero-order valence-electron chi connectivity index (χ0n) is 11.6. The van der Waals surface area contributed by atoms with E-state index >= 15 is 0 Å². The summed E-state index contributed by atoms with van der Waals surface area (Å²) in [4.78, 5) is 14.1. The van der Waals surface area contributed by atoms with Gasteiger partial charge in [-0.1, -0.05) is 13.0 Å². The van der Waals surface area contributed by atoms with Crippen LogP contribution in [0.15, 0.2) is 18.2 Å². The standard InChI is InChI=1S/C14H21NO4/c1-4-10(2)15(8-9-19-3)14(18)11-6-5-7-12(16)13(11)17/h5-7,10,16-17H,4,8-9H2,1-3H3. The second-order valence-corrected chi connectivity index (χ2v) is 4.42. The Balaban J connectivity index is 3.01. The van der Waals surface area contributed by atoms with Gasteiger partial charge in [0.1, 0.15) is 0 Å². The third kappa shape index (κ3) is 3.61. The molecule has 0 saturated carbocycles. The Kier molecular flexibility index (Phi) is 5.63. The van der Waals surface area contributed by atoms with Crippen LogP contribution < -0.4 is 0 Å². The van der Waals surface area contributed by atoms with Crippen molar-refractivity contribution in [3.8, 4) is 11.5 Å².